The summed E-state index contributed by atoms with van der Waals surface area (Å²) < 4.78 is 137. The lowest BCUT2D eigenvalue weighted by molar-refractivity contribution is -0.146. The van der Waals surface area contributed by atoms with Gasteiger partial charge in [-0.15, -0.1) is 0 Å². The lowest BCUT2D eigenvalue weighted by Crippen LogP contribution is -2.18. The van der Waals surface area contributed by atoms with Crippen LogP contribution in [-0.4, -0.2) is 301 Å². The summed E-state index contributed by atoms with van der Waals surface area (Å²) in [7, 11) is -4.14. The zero-order valence-electron chi connectivity index (χ0n) is 79.6. The van der Waals surface area contributed by atoms with Crippen molar-refractivity contribution in [2.75, 3.05) is 264 Å². The molecule has 0 unspecified atom stereocenters. The molecule has 0 aromatic rings. The van der Waals surface area contributed by atoms with Crippen LogP contribution >= 0.6 is 0 Å². The van der Waals surface area contributed by atoms with Crippen LogP contribution in [0, 0.1) is 0 Å². The number of rotatable bonds is 109. The fourth-order valence-corrected chi connectivity index (χ4v) is 12.8. The van der Waals surface area contributed by atoms with Gasteiger partial charge in [0.15, 0.2) is 0 Å². The molecule has 0 saturated carbocycles. The Bertz CT molecular complexity index is 2120. The number of carbonyl (C=O) groups is 3. The second-order valence-electron chi connectivity index (χ2n) is 31.0. The number of carboxylic acids is 1. The van der Waals surface area contributed by atoms with Gasteiger partial charge in [-0.3, -0.25) is 14.4 Å². The van der Waals surface area contributed by atoms with E-state index in [2.05, 4.69) is 35.1 Å². The van der Waals surface area contributed by atoms with E-state index in [9.17, 15) is 22.8 Å². The van der Waals surface area contributed by atoms with Gasteiger partial charge in [0, 0.05) is 19.3 Å². The minimum Gasteiger partial charge on any atom is -0.481 e. The molecule has 750 valence electrons. The molecule has 0 spiro atoms. The number of carbonyl (C=O) groups excluding carboxylic acids is 2. The maximum Gasteiger partial charge on any atom is 0.415 e. The van der Waals surface area contributed by atoms with Gasteiger partial charge in [-0.25, -0.2) is 4.18 Å². The van der Waals surface area contributed by atoms with Crippen LogP contribution in [0.3, 0.4) is 0 Å². The molecule has 31 heteroatoms. The SMILES string of the molecule is CCCCCCCCCCCCCCCCCC(=O)O.CCCCCCCCCCCCCCCCCC(=O)OCCOCCOCCOCCOCCOCCOCCOCCOCCOCCO.CCCCCCCCCCCCCCCCCC(=O)OCCOCCOCCOCCOCCOCCOCCOCCOCCOCCOS(=O)(=O)ON. The number of carboxylic acid groups (broad SMARTS) is 1. The van der Waals surface area contributed by atoms with E-state index in [1.165, 1.54) is 250 Å². The number of nitrogens with two attached hydrogens (primary N) is 1. The van der Waals surface area contributed by atoms with Crippen molar-refractivity contribution in [3.63, 3.8) is 0 Å². The quantitative estimate of drug-likeness (QED) is 0.0289. The lowest BCUT2D eigenvalue weighted by atomic mass is 10.0. The van der Waals surface area contributed by atoms with Crippen LogP contribution in [-0.2, 0) is 128 Å². The molecule has 0 atom stereocenters. The third kappa shape index (κ3) is 126. The standard InChI is InChI=1S/C38H77NO15S.C38H76O12.C18H36O2/c1-2-3-4-5-6-7-8-9-10-11-12-13-14-15-16-17-38(40)52-36-34-50-32-30-48-28-26-46-24-22-44-20-18-43-19-21-45-23-25-47-27-29-49-31-33-51-35-37-53-55(41,42)54-39;1-2-3-4-5-6-7-8-9-10-11-12-13-14-15-16-17-38(40)50-37-36-49-35-34-48-33-32-47-31-30-46-29-28-45-27-26-44-25-24-43-23-22-42-21-20-41-19-18-39;1-2-3-4-5-6-7-8-9-10-11-12-13-14-15-16-17-18(19)20/h2-37,39H2,1H3;39H,2-37H2,1H3;2-17H2,1H3,(H,19,20). The molecule has 0 amide bonds. The highest BCUT2D eigenvalue weighted by Gasteiger charge is 2.10. The molecule has 0 aliphatic carbocycles. The summed E-state index contributed by atoms with van der Waals surface area (Å²) in [6, 6.07) is 0. The Labute approximate surface area is 760 Å². The van der Waals surface area contributed by atoms with E-state index in [0.717, 1.165) is 38.5 Å². The van der Waals surface area contributed by atoms with Gasteiger partial charge in [-0.1, -0.05) is 290 Å². The second-order valence-corrected chi connectivity index (χ2v) is 32.3. The molecular formula is C94H189NO29S. The fraction of sp³-hybridized carbons (Fsp3) is 0.968. The third-order valence-electron chi connectivity index (χ3n) is 19.7. The maximum absolute atomic E-state index is 11.9. The number of hydrogen-bond acceptors (Lipinski definition) is 29. The van der Waals surface area contributed by atoms with Crippen LogP contribution < -0.4 is 5.90 Å². The van der Waals surface area contributed by atoms with E-state index >= 15 is 0 Å². The van der Waals surface area contributed by atoms with Crippen LogP contribution in [0.15, 0.2) is 0 Å². The molecule has 0 aromatic carbocycles. The molecule has 0 rings (SSSR count). The summed E-state index contributed by atoms with van der Waals surface area (Å²) in [5, 5.41) is 17.1. The Morgan fingerprint density at radius 1 is 0.208 bits per heavy atom. The number of aliphatic hydroxyl groups is 1. The first kappa shape index (κ1) is 127. The first-order chi connectivity index (χ1) is 61.6. The predicted molar refractivity (Wildman–Crippen MR) is 490 cm³/mol. The summed E-state index contributed by atoms with van der Waals surface area (Å²) in [6.07, 6.45) is 60.5. The van der Waals surface area contributed by atoms with E-state index in [1.807, 2.05) is 0 Å². The summed E-state index contributed by atoms with van der Waals surface area (Å²) in [6.45, 7) is 23.2. The van der Waals surface area contributed by atoms with Gasteiger partial charge in [0.1, 0.15) is 13.2 Å². The Balaban J connectivity index is -0.00000196. The highest BCUT2D eigenvalue weighted by Crippen LogP contribution is 2.18. The molecule has 30 nitrogen and oxygen atoms in total. The maximum atomic E-state index is 11.9. The van der Waals surface area contributed by atoms with E-state index < -0.39 is 16.4 Å². The van der Waals surface area contributed by atoms with Gasteiger partial charge >= 0.3 is 28.3 Å². The Morgan fingerprint density at radius 2 is 0.352 bits per heavy atom. The molecule has 0 heterocycles. The van der Waals surface area contributed by atoms with Crippen LogP contribution in [0.2, 0.25) is 0 Å². The second kappa shape index (κ2) is 118. The number of ether oxygens (including phenoxy) is 20. The largest absolute Gasteiger partial charge is 0.481 e. The minimum atomic E-state index is -4.14. The van der Waals surface area contributed by atoms with Crippen molar-refractivity contribution in [3.8, 4) is 0 Å². The van der Waals surface area contributed by atoms with Gasteiger partial charge in [-0.05, 0) is 19.3 Å². The van der Waals surface area contributed by atoms with Crippen molar-refractivity contribution in [3.05, 3.63) is 0 Å². The Morgan fingerprint density at radius 3 is 0.512 bits per heavy atom. The smallest absolute Gasteiger partial charge is 0.415 e. The van der Waals surface area contributed by atoms with E-state index in [0.29, 0.717) is 244 Å². The molecule has 0 aromatic heterocycles. The zero-order chi connectivity index (χ0) is 91.0. The number of aliphatic carboxylic acids is 1. The molecular weight excluding hydrogens is 1640 g/mol. The molecule has 0 aliphatic heterocycles. The van der Waals surface area contributed by atoms with E-state index in [1.54, 1.807) is 0 Å². The number of esters is 2. The molecule has 4 N–H and O–H groups in total. The van der Waals surface area contributed by atoms with Crippen molar-refractivity contribution < 1.29 is 136 Å². The highest BCUT2D eigenvalue weighted by atomic mass is 32.3. The van der Waals surface area contributed by atoms with Crippen LogP contribution in [0.4, 0.5) is 0 Å². The number of unbranched alkanes of at least 4 members (excludes halogenated alkanes) is 42. The van der Waals surface area contributed by atoms with Gasteiger partial charge in [0.05, 0.1) is 251 Å². The Kier molecular flexibility index (Phi) is 119. The van der Waals surface area contributed by atoms with Crippen LogP contribution in [0.1, 0.15) is 329 Å². The van der Waals surface area contributed by atoms with Crippen LogP contribution in [0.25, 0.3) is 0 Å². The van der Waals surface area contributed by atoms with Crippen molar-refractivity contribution in [2.24, 2.45) is 5.90 Å². The van der Waals surface area contributed by atoms with Crippen LogP contribution in [0.5, 0.6) is 0 Å². The topological polar surface area (TPSA) is 355 Å². The third-order valence-corrected chi connectivity index (χ3v) is 20.4. The van der Waals surface area contributed by atoms with E-state index in [-0.39, 0.29) is 51.6 Å². The van der Waals surface area contributed by atoms with Gasteiger partial charge in [0.2, 0.25) is 0 Å². The molecule has 0 radical (unpaired) electrons. The fourth-order valence-electron chi connectivity index (χ4n) is 12.5. The number of hydrogen-bond donors (Lipinski definition) is 3. The zero-order valence-corrected chi connectivity index (χ0v) is 80.4. The Hall–Kier alpha value is -2.52. The van der Waals surface area contributed by atoms with E-state index in [4.69, 9.17) is 105 Å². The molecule has 0 fully saturated rings. The van der Waals surface area contributed by atoms with Crippen molar-refractivity contribution >= 4 is 28.3 Å². The van der Waals surface area contributed by atoms with Gasteiger partial charge < -0.3 is 105 Å². The first-order valence-electron chi connectivity index (χ1n) is 49.4. The minimum absolute atomic E-state index is 0.0248. The molecule has 0 saturated heterocycles. The van der Waals surface area contributed by atoms with Crippen molar-refractivity contribution in [2.45, 2.75) is 329 Å². The summed E-state index contributed by atoms with van der Waals surface area (Å²) in [5.74, 6) is 3.60. The average Bonchev–Trinajstić information content (AvgIpc) is 0.966. The number of aliphatic hydroxyl groups excluding tert-OH is 1. The normalized spacial score (nSPS) is 11.5. The average molecular weight is 1830 g/mol. The van der Waals surface area contributed by atoms with Gasteiger partial charge in [-0.2, -0.15) is 18.6 Å². The molecule has 0 bridgehead atoms. The lowest BCUT2D eigenvalue weighted by Gasteiger charge is -2.09. The summed E-state index contributed by atoms with van der Waals surface area (Å²) in [5.41, 5.74) is 0. The highest BCUT2D eigenvalue weighted by molar-refractivity contribution is 7.81. The molecule has 125 heavy (non-hydrogen) atoms. The van der Waals surface area contributed by atoms with Gasteiger partial charge in [0.25, 0.3) is 0 Å². The molecule has 0 aliphatic rings. The van der Waals surface area contributed by atoms with Crippen molar-refractivity contribution in [1.82, 2.24) is 0 Å². The van der Waals surface area contributed by atoms with Crippen molar-refractivity contribution in [1.29, 1.82) is 0 Å². The predicted octanol–water partition coefficient (Wildman–Crippen LogP) is 17.4. The monoisotopic (exact) mass is 1830 g/mol. The summed E-state index contributed by atoms with van der Waals surface area (Å²) in [4.78, 5) is 34.1. The summed E-state index contributed by atoms with van der Waals surface area (Å²) >= 11 is 0. The first-order valence-corrected chi connectivity index (χ1v) is 50.7.